The summed E-state index contributed by atoms with van der Waals surface area (Å²) in [6.45, 7) is 7.15. The summed E-state index contributed by atoms with van der Waals surface area (Å²) in [5.41, 5.74) is 9.03. The van der Waals surface area contributed by atoms with Gasteiger partial charge in [-0.3, -0.25) is 19.5 Å². The summed E-state index contributed by atoms with van der Waals surface area (Å²) in [4.78, 5) is 36.6. The van der Waals surface area contributed by atoms with E-state index < -0.39 is 0 Å². The first kappa shape index (κ1) is 31.9. The predicted molar refractivity (Wildman–Crippen MR) is 199 cm³/mol. The van der Waals surface area contributed by atoms with E-state index in [1.54, 1.807) is 16.2 Å². The van der Waals surface area contributed by atoms with Gasteiger partial charge in [-0.05, 0) is 105 Å². The lowest BCUT2D eigenvalue weighted by atomic mass is 9.95. The monoisotopic (exact) mass is 670 g/mol. The fourth-order valence-corrected chi connectivity index (χ4v) is 8.90. The summed E-state index contributed by atoms with van der Waals surface area (Å²) in [5.74, 6) is -0.122. The first-order valence-corrected chi connectivity index (χ1v) is 18.0. The van der Waals surface area contributed by atoms with Crippen molar-refractivity contribution in [2.45, 2.75) is 59.5 Å². The maximum absolute atomic E-state index is 14.0. The molecule has 1 saturated heterocycles. The van der Waals surface area contributed by atoms with Crippen LogP contribution >= 0.6 is 23.1 Å². The highest BCUT2D eigenvalue weighted by Gasteiger charge is 2.34. The van der Waals surface area contributed by atoms with Gasteiger partial charge in [-0.1, -0.05) is 78.4 Å². The number of aromatic nitrogens is 1. The second-order valence-electron chi connectivity index (χ2n) is 12.4. The highest BCUT2D eigenvalue weighted by molar-refractivity contribution is 8.18. The van der Waals surface area contributed by atoms with Crippen molar-refractivity contribution >= 4 is 51.8 Å². The van der Waals surface area contributed by atoms with Crippen molar-refractivity contribution in [1.29, 1.82) is 0 Å². The summed E-state index contributed by atoms with van der Waals surface area (Å²) >= 11 is 3.16. The number of nitrogens with zero attached hydrogens (tertiary/aromatic N) is 3. The molecule has 8 heteroatoms. The standard InChI is InChI=1S/C40H38N4O2S2/c1-26-18-20-32(21-19-26)42-37(45)36-33-16-10-11-17-34(33)47-39(36)44-27(2)22-31(28(44)3)23-35-38(46)43(25-30-14-8-5-9-15-30)40(48-35)41-24-29-12-6-4-7-13-29/h4-9,12-15,18-23H,10-11,16-17,24-25H2,1-3H3,(H,42,45)/b35-23-,41-40?. The van der Waals surface area contributed by atoms with Crippen molar-refractivity contribution in [2.75, 3.05) is 5.32 Å². The highest BCUT2D eigenvalue weighted by atomic mass is 32.2. The van der Waals surface area contributed by atoms with Crippen LogP contribution in [0.2, 0.25) is 0 Å². The third-order valence-electron chi connectivity index (χ3n) is 8.96. The SMILES string of the molecule is Cc1ccc(NC(=O)c2c(-n3c(C)cc(/C=C4\SC(=NCc5ccccc5)N(Cc5ccccc5)C4=O)c3C)sc3c2CCCC3)cc1. The van der Waals surface area contributed by atoms with Crippen LogP contribution < -0.4 is 5.32 Å². The molecule has 0 spiro atoms. The van der Waals surface area contributed by atoms with Gasteiger partial charge < -0.3 is 9.88 Å². The van der Waals surface area contributed by atoms with Crippen LogP contribution in [0.25, 0.3) is 11.1 Å². The summed E-state index contributed by atoms with van der Waals surface area (Å²) in [6, 6.07) is 30.2. The number of nitrogens with one attached hydrogen (secondary N) is 1. The molecule has 6 nitrogen and oxygen atoms in total. The number of hydrogen-bond donors (Lipinski definition) is 1. The van der Waals surface area contributed by atoms with Crippen LogP contribution in [-0.2, 0) is 30.7 Å². The van der Waals surface area contributed by atoms with Gasteiger partial charge in [0.1, 0.15) is 5.00 Å². The topological polar surface area (TPSA) is 66.7 Å². The fraction of sp³-hybridized carbons (Fsp3) is 0.225. The van der Waals surface area contributed by atoms with Crippen molar-refractivity contribution in [1.82, 2.24) is 9.47 Å². The molecule has 2 amide bonds. The molecule has 242 valence electrons. The Hall–Kier alpha value is -4.66. The normalized spacial score (nSPS) is 16.1. The van der Waals surface area contributed by atoms with Gasteiger partial charge in [-0.25, -0.2) is 0 Å². The van der Waals surface area contributed by atoms with Crippen molar-refractivity contribution in [3.05, 3.63) is 146 Å². The average Bonchev–Trinajstić information content (AvgIpc) is 3.71. The number of fused-ring (bicyclic) bond motifs is 1. The number of carbonyl (C=O) groups excluding carboxylic acids is 2. The maximum atomic E-state index is 14.0. The number of amides is 2. The molecule has 0 atom stereocenters. The molecule has 7 rings (SSSR count). The van der Waals surface area contributed by atoms with E-state index in [9.17, 15) is 9.59 Å². The van der Waals surface area contributed by atoms with E-state index >= 15 is 0 Å². The third kappa shape index (κ3) is 6.55. The summed E-state index contributed by atoms with van der Waals surface area (Å²) in [5, 5.41) is 4.83. The molecule has 0 bridgehead atoms. The molecule has 0 radical (unpaired) electrons. The Bertz CT molecular complexity index is 2040. The zero-order valence-corrected chi connectivity index (χ0v) is 29.1. The number of aryl methyl sites for hydroxylation is 3. The largest absolute Gasteiger partial charge is 0.322 e. The van der Waals surface area contributed by atoms with E-state index in [1.807, 2.05) is 85.8 Å². The van der Waals surface area contributed by atoms with Gasteiger partial charge in [0.05, 0.1) is 23.6 Å². The zero-order chi connectivity index (χ0) is 33.2. The average molecular weight is 671 g/mol. The number of carbonyl (C=O) groups is 2. The van der Waals surface area contributed by atoms with Crippen molar-refractivity contribution in [3.8, 4) is 5.00 Å². The second kappa shape index (κ2) is 13.8. The van der Waals surface area contributed by atoms with Gasteiger partial charge >= 0.3 is 0 Å². The van der Waals surface area contributed by atoms with Gasteiger partial charge in [0.2, 0.25) is 0 Å². The molecule has 2 aromatic heterocycles. The smallest absolute Gasteiger partial charge is 0.267 e. The zero-order valence-electron chi connectivity index (χ0n) is 27.5. The molecule has 1 N–H and O–H groups in total. The molecular formula is C40H38N4O2S2. The summed E-state index contributed by atoms with van der Waals surface area (Å²) in [7, 11) is 0. The lowest BCUT2D eigenvalue weighted by molar-refractivity contribution is -0.122. The van der Waals surface area contributed by atoms with Crippen LogP contribution in [0.4, 0.5) is 5.69 Å². The van der Waals surface area contributed by atoms with Crippen molar-refractivity contribution in [2.24, 2.45) is 4.99 Å². The van der Waals surface area contributed by atoms with Crippen LogP contribution in [0.3, 0.4) is 0 Å². The molecular weight excluding hydrogens is 633 g/mol. The molecule has 0 unspecified atom stereocenters. The Morgan fingerprint density at radius 2 is 1.58 bits per heavy atom. The van der Waals surface area contributed by atoms with Crippen LogP contribution in [-0.4, -0.2) is 26.4 Å². The van der Waals surface area contributed by atoms with Crippen molar-refractivity contribution in [3.63, 3.8) is 0 Å². The van der Waals surface area contributed by atoms with E-state index in [0.29, 0.717) is 23.2 Å². The maximum Gasteiger partial charge on any atom is 0.267 e. The van der Waals surface area contributed by atoms with Gasteiger partial charge in [-0.2, -0.15) is 0 Å². The van der Waals surface area contributed by atoms with E-state index in [0.717, 1.165) is 75.6 Å². The van der Waals surface area contributed by atoms with Crippen LogP contribution in [0.15, 0.2) is 101 Å². The summed E-state index contributed by atoms with van der Waals surface area (Å²) in [6.07, 6.45) is 6.12. The number of aliphatic imine (C=N–C) groups is 1. The first-order chi connectivity index (χ1) is 23.4. The minimum atomic E-state index is -0.0713. The Morgan fingerprint density at radius 3 is 2.31 bits per heavy atom. The predicted octanol–water partition coefficient (Wildman–Crippen LogP) is 9.27. The number of amidine groups is 1. The van der Waals surface area contributed by atoms with E-state index in [2.05, 4.69) is 41.9 Å². The van der Waals surface area contributed by atoms with E-state index in [1.165, 1.54) is 22.2 Å². The molecule has 48 heavy (non-hydrogen) atoms. The Labute approximate surface area is 290 Å². The highest BCUT2D eigenvalue weighted by Crippen LogP contribution is 2.40. The molecule has 3 aromatic carbocycles. The Balaban J connectivity index is 1.24. The minimum absolute atomic E-state index is 0.0507. The van der Waals surface area contributed by atoms with Crippen LogP contribution in [0.5, 0.6) is 0 Å². The second-order valence-corrected chi connectivity index (χ2v) is 14.5. The molecule has 2 aliphatic rings. The number of thiophene rings is 1. The van der Waals surface area contributed by atoms with Crippen molar-refractivity contribution < 1.29 is 9.59 Å². The molecule has 0 saturated carbocycles. The molecule has 1 aliphatic carbocycles. The first-order valence-electron chi connectivity index (χ1n) is 16.4. The van der Waals surface area contributed by atoms with Gasteiger partial charge in [0.15, 0.2) is 5.17 Å². The lowest BCUT2D eigenvalue weighted by Crippen LogP contribution is -2.28. The number of hydrogen-bond acceptors (Lipinski definition) is 5. The summed E-state index contributed by atoms with van der Waals surface area (Å²) < 4.78 is 2.20. The molecule has 3 heterocycles. The Morgan fingerprint density at radius 1 is 0.896 bits per heavy atom. The molecule has 5 aromatic rings. The van der Waals surface area contributed by atoms with Crippen LogP contribution in [0, 0.1) is 20.8 Å². The Kier molecular flexibility index (Phi) is 9.19. The quantitative estimate of drug-likeness (QED) is 0.167. The number of benzene rings is 3. The lowest BCUT2D eigenvalue weighted by Gasteiger charge is -2.15. The minimum Gasteiger partial charge on any atom is -0.322 e. The van der Waals surface area contributed by atoms with E-state index in [4.69, 9.17) is 4.99 Å². The number of anilines is 1. The third-order valence-corrected chi connectivity index (χ3v) is 11.3. The number of thioether (sulfide) groups is 1. The van der Waals surface area contributed by atoms with Crippen LogP contribution in [0.1, 0.15) is 67.3 Å². The molecule has 1 aliphatic heterocycles. The fourth-order valence-electron chi connectivity index (χ4n) is 6.43. The molecule has 1 fully saturated rings. The van der Waals surface area contributed by atoms with Gasteiger partial charge in [-0.15, -0.1) is 11.3 Å². The van der Waals surface area contributed by atoms with Gasteiger partial charge in [0.25, 0.3) is 11.8 Å². The number of rotatable bonds is 8. The van der Waals surface area contributed by atoms with Gasteiger partial charge in [0, 0.05) is 22.0 Å². The van der Waals surface area contributed by atoms with E-state index in [-0.39, 0.29) is 11.8 Å².